The fourth-order valence-corrected chi connectivity index (χ4v) is 10.4. The molecule has 0 fully saturated rings. The van der Waals surface area contributed by atoms with Gasteiger partial charge in [0.2, 0.25) is 0 Å². The van der Waals surface area contributed by atoms with Crippen molar-refractivity contribution in [3.63, 3.8) is 0 Å². The van der Waals surface area contributed by atoms with Crippen LogP contribution in [0.5, 0.6) is 17.2 Å². The zero-order valence-corrected chi connectivity index (χ0v) is 51.2. The number of phosphoric ester groups is 1. The molecular formula is C66H96N3O11P. The highest BCUT2D eigenvalue weighted by atomic mass is 31.2. The number of rotatable bonds is 42. The quantitative estimate of drug-likeness (QED) is 0.0194. The lowest BCUT2D eigenvalue weighted by Crippen LogP contribution is -2.37. The molecule has 0 aliphatic carbocycles. The number of carbonyl (C=O) groups excluding carboxylic acids is 2. The maximum Gasteiger partial charge on any atom is 0.306 e. The standard InChI is InChI=1S/C66H96N3O11P/c1-9-10-11-12-13-14-15-16-17-18-21-24-27-30-62(70)77-49-59(50-79-81(72,73)78-46-44-69(4,5)6)80-63(71)31-28-25-22-19-20-23-26-29-45-76-58-42-36-55(37-43-58)64(65-51(2)47-60(67-65)53-32-38-56(74-7)39-33-53)66-52(3)48-61(68-66)54-34-40-57(75-8)41-35-54/h32-43,47-48,59H,9-31,44-46,49-50H2,1-8H3,(H-,67,68,72,73). The van der Waals surface area contributed by atoms with Crippen LogP contribution in [0.15, 0.2) is 101 Å². The van der Waals surface area contributed by atoms with Crippen LogP contribution in [-0.2, 0) is 32.7 Å². The molecule has 0 spiro atoms. The summed E-state index contributed by atoms with van der Waals surface area (Å²) in [4.78, 5) is 47.1. The Morgan fingerprint density at radius 1 is 0.617 bits per heavy atom. The predicted molar refractivity (Wildman–Crippen MR) is 324 cm³/mol. The number of phosphoric acid groups is 1. The van der Waals surface area contributed by atoms with Gasteiger partial charge in [-0.1, -0.05) is 135 Å². The summed E-state index contributed by atoms with van der Waals surface area (Å²) in [5, 5.41) is 0. The van der Waals surface area contributed by atoms with Crippen molar-refractivity contribution < 1.29 is 56.3 Å². The lowest BCUT2D eigenvalue weighted by molar-refractivity contribution is -0.870. The molecule has 2 atom stereocenters. The van der Waals surface area contributed by atoms with Gasteiger partial charge >= 0.3 is 11.9 Å². The van der Waals surface area contributed by atoms with Crippen molar-refractivity contribution in [3.05, 3.63) is 119 Å². The first-order chi connectivity index (χ1) is 39.1. The third-order valence-corrected chi connectivity index (χ3v) is 15.5. The maximum absolute atomic E-state index is 12.9. The molecule has 1 aliphatic heterocycles. The Balaban J connectivity index is 1.01. The number of esters is 2. The number of allylic oxidation sites excluding steroid dienone is 2. The van der Waals surface area contributed by atoms with E-state index in [1.807, 2.05) is 69.7 Å². The van der Waals surface area contributed by atoms with E-state index in [4.69, 9.17) is 37.7 Å². The molecule has 1 aromatic heterocycles. The minimum Gasteiger partial charge on any atom is -0.756 e. The number of unbranched alkanes of at least 4 members (excludes halogenated alkanes) is 19. The second-order valence-electron chi connectivity index (χ2n) is 22.6. The fraction of sp³-hybridized carbons (Fsp3) is 0.561. The number of quaternary nitrogens is 1. The first-order valence-electron chi connectivity index (χ1n) is 30.1. The van der Waals surface area contributed by atoms with E-state index in [9.17, 15) is 19.0 Å². The van der Waals surface area contributed by atoms with E-state index >= 15 is 0 Å². The van der Waals surface area contributed by atoms with Gasteiger partial charge in [0.1, 0.15) is 37.0 Å². The molecule has 2 unspecified atom stereocenters. The van der Waals surface area contributed by atoms with Crippen molar-refractivity contribution in [2.45, 2.75) is 175 Å². The minimum absolute atomic E-state index is 0.0540. The van der Waals surface area contributed by atoms with E-state index in [0.717, 1.165) is 138 Å². The number of hydrogen-bond acceptors (Lipinski definition) is 12. The molecule has 1 N–H and O–H groups in total. The summed E-state index contributed by atoms with van der Waals surface area (Å²) in [5.74, 6) is 1.53. The number of aryl methyl sites for hydroxylation is 1. The Kier molecular flexibility index (Phi) is 29.6. The molecule has 0 radical (unpaired) electrons. The van der Waals surface area contributed by atoms with Crippen LogP contribution in [0.4, 0.5) is 0 Å². The number of nitrogens with zero attached hydrogens (tertiary/aromatic N) is 2. The van der Waals surface area contributed by atoms with Crippen LogP contribution in [0, 0.1) is 6.92 Å². The van der Waals surface area contributed by atoms with Gasteiger partial charge in [0, 0.05) is 29.7 Å². The number of aliphatic imine (C=N–C) groups is 1. The first-order valence-corrected chi connectivity index (χ1v) is 31.5. The van der Waals surface area contributed by atoms with Crippen molar-refractivity contribution >= 4 is 31.0 Å². The number of aromatic nitrogens is 1. The molecule has 0 saturated heterocycles. The Hall–Kier alpha value is -5.50. The lowest BCUT2D eigenvalue weighted by Gasteiger charge is -2.28. The summed E-state index contributed by atoms with van der Waals surface area (Å²) in [6, 6.07) is 26.5. The number of aromatic amines is 1. The molecule has 0 amide bonds. The molecule has 0 saturated carbocycles. The molecule has 5 rings (SSSR count). The van der Waals surface area contributed by atoms with E-state index in [1.54, 1.807) is 14.2 Å². The van der Waals surface area contributed by atoms with E-state index in [0.29, 0.717) is 30.5 Å². The SMILES string of the molecule is CCCCCCCCCCCCCCCC(=O)OCC(COP(=O)([O-])OCC[N+](C)(C)C)OC(=O)CCCCCCCCCCOc1ccc(/C(=C2/N=C(c3ccc(OC)cc3)C=C2C)c2[nH]c(-c3ccc(OC)cc3)cc2C)cc1. The molecule has 14 nitrogen and oxygen atoms in total. The normalized spacial score (nSPS) is 14.2. The maximum atomic E-state index is 12.9. The van der Waals surface area contributed by atoms with Crippen LogP contribution in [0.25, 0.3) is 16.8 Å². The van der Waals surface area contributed by atoms with Crippen molar-refractivity contribution in [2.24, 2.45) is 4.99 Å². The van der Waals surface area contributed by atoms with Crippen LogP contribution in [-0.4, -0.2) is 102 Å². The average Bonchev–Trinajstić information content (AvgIpc) is 4.11. The van der Waals surface area contributed by atoms with Gasteiger partial charge < -0.3 is 47.1 Å². The number of likely N-dealkylation sites (N-methyl/N-ethyl adjacent to an activating group) is 1. The number of benzene rings is 3. The topological polar surface area (TPSA) is 167 Å². The Bertz CT molecular complexity index is 2620. The monoisotopic (exact) mass is 1140 g/mol. The minimum atomic E-state index is -4.68. The number of nitrogens with one attached hydrogen (secondary N) is 1. The third-order valence-electron chi connectivity index (χ3n) is 14.6. The highest BCUT2D eigenvalue weighted by Gasteiger charge is 2.24. The smallest absolute Gasteiger partial charge is 0.306 e. The second-order valence-corrected chi connectivity index (χ2v) is 24.0. The number of carbonyl (C=O) groups is 2. The van der Waals surface area contributed by atoms with Crippen molar-refractivity contribution in [1.82, 2.24) is 4.98 Å². The molecule has 2 heterocycles. The first kappa shape index (κ1) is 66.3. The van der Waals surface area contributed by atoms with Gasteiger partial charge in [-0.25, -0.2) is 4.99 Å². The van der Waals surface area contributed by atoms with E-state index in [-0.39, 0.29) is 26.1 Å². The number of methoxy groups -OCH3 is 2. The van der Waals surface area contributed by atoms with Gasteiger partial charge in [-0.2, -0.15) is 0 Å². The van der Waals surface area contributed by atoms with Crippen molar-refractivity contribution in [2.75, 3.05) is 68.3 Å². The van der Waals surface area contributed by atoms with Gasteiger partial charge in [0.05, 0.1) is 65.7 Å². The van der Waals surface area contributed by atoms with Crippen LogP contribution >= 0.6 is 7.82 Å². The van der Waals surface area contributed by atoms with Gasteiger partial charge in [0.25, 0.3) is 7.82 Å². The van der Waals surface area contributed by atoms with Gasteiger partial charge in [-0.3, -0.25) is 14.2 Å². The molecule has 0 bridgehead atoms. The van der Waals surface area contributed by atoms with E-state index in [1.165, 1.54) is 57.8 Å². The summed E-state index contributed by atoms with van der Waals surface area (Å²) in [6.07, 6.45) is 24.8. The van der Waals surface area contributed by atoms with Gasteiger partial charge in [-0.05, 0) is 128 Å². The highest BCUT2D eigenvalue weighted by molar-refractivity contribution is 7.45. The summed E-state index contributed by atoms with van der Waals surface area (Å²) in [7, 11) is 4.44. The lowest BCUT2D eigenvalue weighted by atomic mass is 9.96. The van der Waals surface area contributed by atoms with Gasteiger partial charge in [0.15, 0.2) is 6.10 Å². The molecule has 446 valence electrons. The van der Waals surface area contributed by atoms with Crippen LogP contribution in [0.1, 0.15) is 184 Å². The summed E-state index contributed by atoms with van der Waals surface area (Å²) < 4.78 is 51.3. The molecular weight excluding hydrogens is 1040 g/mol. The molecule has 4 aromatic rings. The number of H-pyrrole nitrogens is 1. The van der Waals surface area contributed by atoms with E-state index < -0.39 is 32.5 Å². The summed E-state index contributed by atoms with van der Waals surface area (Å²) in [6.45, 7) is 6.71. The van der Waals surface area contributed by atoms with Crippen LogP contribution < -0.4 is 19.1 Å². The third kappa shape index (κ3) is 25.3. The molecule has 3 aromatic carbocycles. The summed E-state index contributed by atoms with van der Waals surface area (Å²) in [5.41, 5.74) is 10.1. The largest absolute Gasteiger partial charge is 0.756 e. The van der Waals surface area contributed by atoms with Crippen LogP contribution in [0.2, 0.25) is 0 Å². The molecule has 1 aliphatic rings. The Morgan fingerprint density at radius 3 is 1.67 bits per heavy atom. The zero-order valence-electron chi connectivity index (χ0n) is 50.3. The fourth-order valence-electron chi connectivity index (χ4n) is 9.70. The molecule has 81 heavy (non-hydrogen) atoms. The second kappa shape index (κ2) is 36.2. The average molecular weight is 1140 g/mol. The van der Waals surface area contributed by atoms with Crippen molar-refractivity contribution in [1.29, 1.82) is 0 Å². The molecule has 15 heteroatoms. The summed E-state index contributed by atoms with van der Waals surface area (Å²) >= 11 is 0. The number of hydrogen-bond donors (Lipinski definition) is 1. The Morgan fingerprint density at radius 2 is 1.12 bits per heavy atom. The predicted octanol–water partition coefficient (Wildman–Crippen LogP) is 15.2. The number of ether oxygens (including phenoxy) is 5. The Labute approximate surface area is 485 Å². The van der Waals surface area contributed by atoms with Gasteiger partial charge in [-0.15, -0.1) is 0 Å². The van der Waals surface area contributed by atoms with E-state index in [2.05, 4.69) is 62.2 Å². The van der Waals surface area contributed by atoms with Crippen LogP contribution in [0.3, 0.4) is 0 Å². The van der Waals surface area contributed by atoms with Crippen molar-refractivity contribution in [3.8, 4) is 28.5 Å². The zero-order chi connectivity index (χ0) is 58.3. The highest BCUT2D eigenvalue weighted by Crippen LogP contribution is 2.40.